The number of rotatable bonds is 3. The lowest BCUT2D eigenvalue weighted by Gasteiger charge is -2.00. The molecular weight excluding hydrogens is 148 g/mol. The van der Waals surface area contributed by atoms with Crippen LogP contribution < -0.4 is 0 Å². The number of hydrogen-bond donors (Lipinski definition) is 0. The zero-order valence-corrected chi connectivity index (χ0v) is 7.21. The summed E-state index contributed by atoms with van der Waals surface area (Å²) in [6.07, 6.45) is 5.22. The minimum atomic E-state index is 0.668. The average Bonchev–Trinajstić information content (AvgIpc) is 2.15. The van der Waals surface area contributed by atoms with Crippen LogP contribution in [0, 0.1) is 12.3 Å². The van der Waals surface area contributed by atoms with E-state index in [0.717, 1.165) is 17.7 Å². The summed E-state index contributed by atoms with van der Waals surface area (Å²) in [5, 5.41) is 0. The Kier molecular flexibility index (Phi) is 3.37. The van der Waals surface area contributed by atoms with Gasteiger partial charge in [-0.2, -0.15) is 0 Å². The van der Waals surface area contributed by atoms with Crippen molar-refractivity contribution < 1.29 is 4.74 Å². The van der Waals surface area contributed by atoms with Gasteiger partial charge in [-0.05, 0) is 24.6 Å². The van der Waals surface area contributed by atoms with Crippen molar-refractivity contribution in [3.63, 3.8) is 0 Å². The quantitative estimate of drug-likeness (QED) is 0.616. The normalized spacial score (nSPS) is 9.33. The van der Waals surface area contributed by atoms with Gasteiger partial charge in [0.15, 0.2) is 0 Å². The highest BCUT2D eigenvalue weighted by molar-refractivity contribution is 5.33. The van der Waals surface area contributed by atoms with Gasteiger partial charge in [-0.3, -0.25) is 0 Å². The average molecular weight is 160 g/mol. The van der Waals surface area contributed by atoms with E-state index in [-0.39, 0.29) is 0 Å². The van der Waals surface area contributed by atoms with Crippen LogP contribution in [0.3, 0.4) is 0 Å². The van der Waals surface area contributed by atoms with E-state index in [0.29, 0.717) is 6.61 Å². The van der Waals surface area contributed by atoms with Crippen LogP contribution in [-0.2, 0) is 11.3 Å². The van der Waals surface area contributed by atoms with Gasteiger partial charge in [0.05, 0.1) is 6.61 Å². The van der Waals surface area contributed by atoms with Crippen LogP contribution in [0.1, 0.15) is 18.1 Å². The van der Waals surface area contributed by atoms with Crippen molar-refractivity contribution in [2.75, 3.05) is 6.61 Å². The van der Waals surface area contributed by atoms with E-state index in [1.54, 1.807) is 0 Å². The summed E-state index contributed by atoms with van der Waals surface area (Å²) in [6, 6.07) is 7.83. The predicted octanol–water partition coefficient (Wildman–Crippen LogP) is 2.20. The summed E-state index contributed by atoms with van der Waals surface area (Å²) in [4.78, 5) is 0. The van der Waals surface area contributed by atoms with Crippen molar-refractivity contribution in [1.82, 2.24) is 0 Å². The topological polar surface area (TPSA) is 9.23 Å². The van der Waals surface area contributed by atoms with Crippen LogP contribution in [0.4, 0.5) is 0 Å². The van der Waals surface area contributed by atoms with Crippen molar-refractivity contribution in [3.05, 3.63) is 35.4 Å². The molecule has 0 aliphatic carbocycles. The lowest BCUT2D eigenvalue weighted by Crippen LogP contribution is -1.91. The molecule has 0 spiro atoms. The predicted molar refractivity (Wildman–Crippen MR) is 49.7 cm³/mol. The second-order valence-electron chi connectivity index (χ2n) is 2.48. The lowest BCUT2D eigenvalue weighted by molar-refractivity contribution is 0.134. The molecule has 0 aliphatic heterocycles. The molecule has 62 valence electrons. The van der Waals surface area contributed by atoms with Crippen LogP contribution in [0.2, 0.25) is 0 Å². The Morgan fingerprint density at radius 1 is 1.33 bits per heavy atom. The molecule has 1 aromatic carbocycles. The SMILES string of the molecule is C#Cc1ccc(COCC)cc1. The molecule has 1 heteroatoms. The second kappa shape index (κ2) is 4.58. The number of benzene rings is 1. The first-order valence-corrected chi connectivity index (χ1v) is 4.00. The monoisotopic (exact) mass is 160 g/mol. The minimum Gasteiger partial charge on any atom is -0.377 e. The highest BCUT2D eigenvalue weighted by Gasteiger charge is 1.91. The zero-order valence-electron chi connectivity index (χ0n) is 7.21. The first-order chi connectivity index (χ1) is 5.86. The fourth-order valence-electron chi connectivity index (χ4n) is 0.917. The van der Waals surface area contributed by atoms with E-state index in [4.69, 9.17) is 11.2 Å². The van der Waals surface area contributed by atoms with E-state index < -0.39 is 0 Å². The minimum absolute atomic E-state index is 0.668. The van der Waals surface area contributed by atoms with Crippen molar-refractivity contribution >= 4 is 0 Å². The molecule has 0 atom stereocenters. The smallest absolute Gasteiger partial charge is 0.0716 e. The van der Waals surface area contributed by atoms with Gasteiger partial charge in [-0.25, -0.2) is 0 Å². The van der Waals surface area contributed by atoms with Crippen molar-refractivity contribution in [2.45, 2.75) is 13.5 Å². The third-order valence-electron chi connectivity index (χ3n) is 1.59. The van der Waals surface area contributed by atoms with Crippen molar-refractivity contribution in [2.24, 2.45) is 0 Å². The maximum Gasteiger partial charge on any atom is 0.0716 e. The Bertz CT molecular complexity index is 266. The summed E-state index contributed by atoms with van der Waals surface area (Å²) in [5.41, 5.74) is 2.08. The number of ether oxygens (including phenoxy) is 1. The lowest BCUT2D eigenvalue weighted by atomic mass is 10.1. The van der Waals surface area contributed by atoms with Crippen LogP contribution >= 0.6 is 0 Å². The Balaban J connectivity index is 2.60. The summed E-state index contributed by atoms with van der Waals surface area (Å²) >= 11 is 0. The van der Waals surface area contributed by atoms with E-state index in [2.05, 4.69) is 5.92 Å². The van der Waals surface area contributed by atoms with E-state index >= 15 is 0 Å². The Morgan fingerprint density at radius 3 is 2.50 bits per heavy atom. The maximum absolute atomic E-state index is 5.24. The molecule has 0 saturated heterocycles. The summed E-state index contributed by atoms with van der Waals surface area (Å²) < 4.78 is 5.24. The standard InChI is InChI=1S/C11H12O/c1-3-10-5-7-11(8-6-10)9-12-4-2/h1,5-8H,4,9H2,2H3. The van der Waals surface area contributed by atoms with E-state index in [1.165, 1.54) is 0 Å². The third kappa shape index (κ3) is 2.41. The Hall–Kier alpha value is -1.26. The summed E-state index contributed by atoms with van der Waals surface area (Å²) in [5.74, 6) is 2.57. The zero-order chi connectivity index (χ0) is 8.81. The van der Waals surface area contributed by atoms with Gasteiger partial charge in [0.25, 0.3) is 0 Å². The van der Waals surface area contributed by atoms with Crippen molar-refractivity contribution in [3.8, 4) is 12.3 Å². The molecule has 0 aromatic heterocycles. The molecule has 0 aliphatic rings. The van der Waals surface area contributed by atoms with Gasteiger partial charge in [-0.1, -0.05) is 18.1 Å². The molecule has 0 saturated carbocycles. The molecule has 1 nitrogen and oxygen atoms in total. The fourth-order valence-corrected chi connectivity index (χ4v) is 0.917. The van der Waals surface area contributed by atoms with E-state index in [1.807, 2.05) is 31.2 Å². The molecular formula is C11H12O. The molecule has 12 heavy (non-hydrogen) atoms. The third-order valence-corrected chi connectivity index (χ3v) is 1.59. The van der Waals surface area contributed by atoms with Gasteiger partial charge in [0.2, 0.25) is 0 Å². The van der Waals surface area contributed by atoms with Gasteiger partial charge in [0, 0.05) is 12.2 Å². The van der Waals surface area contributed by atoms with Gasteiger partial charge >= 0.3 is 0 Å². The van der Waals surface area contributed by atoms with Crippen LogP contribution in [-0.4, -0.2) is 6.61 Å². The molecule has 0 heterocycles. The van der Waals surface area contributed by atoms with Crippen molar-refractivity contribution in [1.29, 1.82) is 0 Å². The number of terminal acetylenes is 1. The van der Waals surface area contributed by atoms with Crippen LogP contribution in [0.25, 0.3) is 0 Å². The highest BCUT2D eigenvalue weighted by Crippen LogP contribution is 2.04. The molecule has 0 radical (unpaired) electrons. The molecule has 0 amide bonds. The van der Waals surface area contributed by atoms with Gasteiger partial charge in [-0.15, -0.1) is 6.42 Å². The molecule has 0 fully saturated rings. The molecule has 0 N–H and O–H groups in total. The molecule has 1 rings (SSSR count). The first-order valence-electron chi connectivity index (χ1n) is 4.00. The molecule has 1 aromatic rings. The van der Waals surface area contributed by atoms with E-state index in [9.17, 15) is 0 Å². The fraction of sp³-hybridized carbons (Fsp3) is 0.273. The highest BCUT2D eigenvalue weighted by atomic mass is 16.5. The van der Waals surface area contributed by atoms with Crippen LogP contribution in [0.15, 0.2) is 24.3 Å². The first kappa shape index (κ1) is 8.83. The Morgan fingerprint density at radius 2 is 2.00 bits per heavy atom. The second-order valence-corrected chi connectivity index (χ2v) is 2.48. The largest absolute Gasteiger partial charge is 0.377 e. The summed E-state index contributed by atoms with van der Waals surface area (Å²) in [6.45, 7) is 3.40. The Labute approximate surface area is 73.4 Å². The van der Waals surface area contributed by atoms with Gasteiger partial charge < -0.3 is 4.74 Å². The number of hydrogen-bond acceptors (Lipinski definition) is 1. The maximum atomic E-state index is 5.24. The molecule has 0 bridgehead atoms. The van der Waals surface area contributed by atoms with Gasteiger partial charge in [0.1, 0.15) is 0 Å². The molecule has 0 unspecified atom stereocenters. The summed E-state index contributed by atoms with van der Waals surface area (Å²) in [7, 11) is 0. The van der Waals surface area contributed by atoms with Crippen LogP contribution in [0.5, 0.6) is 0 Å².